The van der Waals surface area contributed by atoms with Crippen molar-refractivity contribution in [3.05, 3.63) is 88.1 Å². The minimum atomic E-state index is 0.0117. The summed E-state index contributed by atoms with van der Waals surface area (Å²) in [6, 6.07) is 21.8. The molecule has 0 saturated heterocycles. The van der Waals surface area contributed by atoms with E-state index in [4.69, 9.17) is 4.74 Å². The number of hydrogen-bond donors (Lipinski definition) is 0. The third-order valence-corrected chi connectivity index (χ3v) is 5.28. The van der Waals surface area contributed by atoms with Crippen molar-refractivity contribution in [2.45, 2.75) is 19.9 Å². The predicted octanol–water partition coefficient (Wildman–Crippen LogP) is 4.71. The van der Waals surface area contributed by atoms with Crippen LogP contribution in [0.2, 0.25) is 0 Å². The monoisotopic (exact) mass is 365 g/mol. The molecule has 26 heavy (non-hydrogen) atoms. The van der Waals surface area contributed by atoms with Gasteiger partial charge in [0.25, 0.3) is 5.91 Å². The summed E-state index contributed by atoms with van der Waals surface area (Å²) in [5.74, 6) is 0.730. The van der Waals surface area contributed by atoms with Crippen molar-refractivity contribution < 1.29 is 9.53 Å². The van der Waals surface area contributed by atoms with E-state index < -0.39 is 0 Å². The molecular weight excluding hydrogens is 342 g/mol. The molecule has 0 bridgehead atoms. The molecule has 0 atom stereocenters. The van der Waals surface area contributed by atoms with Crippen LogP contribution >= 0.6 is 11.3 Å². The number of nitrogens with zero attached hydrogens (tertiary/aromatic N) is 1. The highest BCUT2D eigenvalue weighted by molar-refractivity contribution is 7.10. The van der Waals surface area contributed by atoms with Crippen LogP contribution in [-0.2, 0) is 17.8 Å². The number of para-hydroxylation sites is 1. The van der Waals surface area contributed by atoms with Crippen LogP contribution in [0.15, 0.2) is 72.1 Å². The molecule has 0 aliphatic carbocycles. The van der Waals surface area contributed by atoms with Crippen molar-refractivity contribution in [2.75, 3.05) is 13.2 Å². The van der Waals surface area contributed by atoms with Crippen LogP contribution in [0.4, 0.5) is 0 Å². The summed E-state index contributed by atoms with van der Waals surface area (Å²) < 4.78 is 5.66. The van der Waals surface area contributed by atoms with Crippen molar-refractivity contribution in [3.8, 4) is 5.75 Å². The fourth-order valence-corrected chi connectivity index (χ4v) is 3.61. The number of amides is 1. The van der Waals surface area contributed by atoms with Crippen molar-refractivity contribution in [2.24, 2.45) is 0 Å². The molecule has 0 aliphatic rings. The van der Waals surface area contributed by atoms with Crippen molar-refractivity contribution in [3.63, 3.8) is 0 Å². The van der Waals surface area contributed by atoms with Crippen LogP contribution in [0.5, 0.6) is 5.75 Å². The molecule has 0 fully saturated rings. The van der Waals surface area contributed by atoms with E-state index in [2.05, 4.69) is 30.5 Å². The Labute approximate surface area is 158 Å². The molecule has 0 unspecified atom stereocenters. The molecule has 3 nitrogen and oxygen atoms in total. The lowest BCUT2D eigenvalue weighted by Gasteiger charge is -2.23. The van der Waals surface area contributed by atoms with E-state index in [1.54, 1.807) is 11.3 Å². The van der Waals surface area contributed by atoms with Crippen LogP contribution < -0.4 is 4.74 Å². The topological polar surface area (TPSA) is 29.5 Å². The van der Waals surface area contributed by atoms with E-state index in [9.17, 15) is 4.79 Å². The normalized spacial score (nSPS) is 10.5. The first-order valence-electron chi connectivity index (χ1n) is 8.75. The summed E-state index contributed by atoms with van der Waals surface area (Å²) in [5, 5.41) is 2.07. The van der Waals surface area contributed by atoms with Gasteiger partial charge >= 0.3 is 0 Å². The first kappa shape index (κ1) is 18.2. The van der Waals surface area contributed by atoms with Crippen molar-refractivity contribution >= 4 is 17.2 Å². The Morgan fingerprint density at radius 1 is 1.00 bits per heavy atom. The number of carbonyl (C=O) groups excluding carboxylic acids is 1. The van der Waals surface area contributed by atoms with Gasteiger partial charge in [0.15, 0.2) is 6.61 Å². The average molecular weight is 365 g/mol. The van der Waals surface area contributed by atoms with E-state index in [1.807, 2.05) is 53.4 Å². The molecule has 1 aromatic heterocycles. The number of benzene rings is 2. The quantitative estimate of drug-likeness (QED) is 0.579. The first-order chi connectivity index (χ1) is 12.7. The highest BCUT2D eigenvalue weighted by Crippen LogP contribution is 2.19. The molecule has 3 aromatic rings. The second-order valence-corrected chi connectivity index (χ2v) is 7.18. The third-order valence-electron chi connectivity index (χ3n) is 4.27. The van der Waals surface area contributed by atoms with Gasteiger partial charge in [0, 0.05) is 11.4 Å². The molecule has 1 heterocycles. The molecule has 1 amide bonds. The summed E-state index contributed by atoms with van der Waals surface area (Å²) in [6.45, 7) is 3.46. The Morgan fingerprint density at radius 3 is 2.35 bits per heavy atom. The van der Waals surface area contributed by atoms with Crippen molar-refractivity contribution in [1.82, 2.24) is 4.90 Å². The summed E-state index contributed by atoms with van der Waals surface area (Å²) in [6.07, 6.45) is 0.836. The van der Waals surface area contributed by atoms with Crippen molar-refractivity contribution in [1.29, 1.82) is 0 Å². The molecule has 3 rings (SSSR count). The standard InChI is InChI=1S/C22H23NO2S/c1-18-13-15-26-21(18)16-23(14-12-19-8-4-2-5-9-19)22(24)17-25-20-10-6-3-7-11-20/h2-11,13,15H,12,14,16-17H2,1H3. The molecule has 0 radical (unpaired) electrons. The molecular formula is C22H23NO2S. The van der Waals surface area contributed by atoms with Gasteiger partial charge < -0.3 is 9.64 Å². The Balaban J connectivity index is 1.64. The number of hydrogen-bond acceptors (Lipinski definition) is 3. The van der Waals surface area contributed by atoms with Crippen LogP contribution in [-0.4, -0.2) is 24.0 Å². The zero-order chi connectivity index (χ0) is 18.2. The summed E-state index contributed by atoms with van der Waals surface area (Å²) >= 11 is 1.70. The maximum atomic E-state index is 12.8. The highest BCUT2D eigenvalue weighted by Gasteiger charge is 2.16. The molecule has 0 spiro atoms. The van der Waals surface area contributed by atoms with E-state index in [0.29, 0.717) is 13.1 Å². The number of aryl methyl sites for hydroxylation is 1. The lowest BCUT2D eigenvalue weighted by Crippen LogP contribution is -2.36. The van der Waals surface area contributed by atoms with Gasteiger partial charge in [-0.25, -0.2) is 0 Å². The zero-order valence-electron chi connectivity index (χ0n) is 14.9. The molecule has 0 N–H and O–H groups in total. The molecule has 2 aromatic carbocycles. The Hall–Kier alpha value is -2.59. The molecule has 0 saturated carbocycles. The Bertz CT molecular complexity index is 814. The number of rotatable bonds is 8. The summed E-state index contributed by atoms with van der Waals surface area (Å²) in [7, 11) is 0. The van der Waals surface area contributed by atoms with Gasteiger partial charge in [-0.05, 0) is 48.1 Å². The number of carbonyl (C=O) groups is 1. The SMILES string of the molecule is Cc1ccsc1CN(CCc1ccccc1)C(=O)COc1ccccc1. The van der Waals surface area contributed by atoms with Gasteiger partial charge in [0.1, 0.15) is 5.75 Å². The van der Waals surface area contributed by atoms with Gasteiger partial charge in [-0.2, -0.15) is 0 Å². The maximum absolute atomic E-state index is 12.8. The fourth-order valence-electron chi connectivity index (χ4n) is 2.69. The van der Waals surface area contributed by atoms with E-state index >= 15 is 0 Å². The van der Waals surface area contributed by atoms with Crippen LogP contribution in [0.25, 0.3) is 0 Å². The molecule has 4 heteroatoms. The third kappa shape index (κ3) is 5.20. The average Bonchev–Trinajstić information content (AvgIpc) is 3.09. The van der Waals surface area contributed by atoms with Crippen LogP contribution in [0.3, 0.4) is 0 Å². The lowest BCUT2D eigenvalue weighted by atomic mass is 10.1. The largest absolute Gasteiger partial charge is 0.484 e. The smallest absolute Gasteiger partial charge is 0.260 e. The second-order valence-electron chi connectivity index (χ2n) is 6.18. The van der Waals surface area contributed by atoms with E-state index in [0.717, 1.165) is 12.2 Å². The van der Waals surface area contributed by atoms with Gasteiger partial charge in [-0.1, -0.05) is 48.5 Å². The van der Waals surface area contributed by atoms with Crippen LogP contribution in [0.1, 0.15) is 16.0 Å². The predicted molar refractivity (Wildman–Crippen MR) is 107 cm³/mol. The maximum Gasteiger partial charge on any atom is 0.260 e. The highest BCUT2D eigenvalue weighted by atomic mass is 32.1. The van der Waals surface area contributed by atoms with Gasteiger partial charge in [-0.3, -0.25) is 4.79 Å². The first-order valence-corrected chi connectivity index (χ1v) is 9.63. The summed E-state index contributed by atoms with van der Waals surface area (Å²) in [5.41, 5.74) is 2.47. The zero-order valence-corrected chi connectivity index (χ0v) is 15.7. The Morgan fingerprint density at radius 2 is 1.69 bits per heavy atom. The van der Waals surface area contributed by atoms with E-state index in [-0.39, 0.29) is 12.5 Å². The van der Waals surface area contributed by atoms with Gasteiger partial charge in [0.2, 0.25) is 0 Å². The number of ether oxygens (including phenoxy) is 1. The summed E-state index contributed by atoms with van der Waals surface area (Å²) in [4.78, 5) is 15.9. The van der Waals surface area contributed by atoms with Gasteiger partial charge in [0.05, 0.1) is 6.54 Å². The Kier molecular flexibility index (Phi) is 6.45. The molecule has 0 aliphatic heterocycles. The van der Waals surface area contributed by atoms with Gasteiger partial charge in [-0.15, -0.1) is 11.3 Å². The fraction of sp³-hybridized carbons (Fsp3) is 0.227. The minimum absolute atomic E-state index is 0.0117. The molecule has 134 valence electrons. The number of thiophene rings is 1. The minimum Gasteiger partial charge on any atom is -0.484 e. The second kappa shape index (κ2) is 9.20. The van der Waals surface area contributed by atoms with E-state index in [1.165, 1.54) is 16.0 Å². The lowest BCUT2D eigenvalue weighted by molar-refractivity contribution is -0.133. The van der Waals surface area contributed by atoms with Crippen LogP contribution in [0, 0.1) is 6.92 Å².